The summed E-state index contributed by atoms with van der Waals surface area (Å²) in [5.74, 6) is 0.928. The number of guanidine groups is 1. The molecule has 0 aliphatic carbocycles. The topological polar surface area (TPSA) is 83.5 Å². The van der Waals surface area contributed by atoms with Crippen LogP contribution in [0.3, 0.4) is 0 Å². The molecule has 1 aromatic carbocycles. The van der Waals surface area contributed by atoms with E-state index in [-0.39, 0.29) is 11.5 Å². The summed E-state index contributed by atoms with van der Waals surface area (Å²) in [5, 5.41) is 7.47. The number of nitrogens with one attached hydrogen (secondary N) is 2. The van der Waals surface area contributed by atoms with E-state index in [0.29, 0.717) is 18.9 Å². The van der Waals surface area contributed by atoms with Crippen LogP contribution in [0.5, 0.6) is 0 Å². The summed E-state index contributed by atoms with van der Waals surface area (Å²) < 4.78 is 24.3. The van der Waals surface area contributed by atoms with Gasteiger partial charge in [-0.1, -0.05) is 30.3 Å². The summed E-state index contributed by atoms with van der Waals surface area (Å²) in [5.41, 5.74) is 0.829. The maximum atomic E-state index is 12.2. The molecule has 2 N–H and O–H groups in total. The highest BCUT2D eigenvalue weighted by Crippen LogP contribution is 2.11. The smallest absolute Gasteiger partial charge is 0.190 e. The third kappa shape index (κ3) is 7.53. The first-order valence-corrected chi connectivity index (χ1v) is 11.2. The number of aliphatic imine (C=N–C) groups is 1. The lowest BCUT2D eigenvalue weighted by molar-refractivity contribution is 0.591. The third-order valence-electron chi connectivity index (χ3n) is 3.68. The molecule has 0 saturated carbocycles. The lowest BCUT2D eigenvalue weighted by atomic mass is 10.2. The zero-order valence-corrected chi connectivity index (χ0v) is 16.9. The van der Waals surface area contributed by atoms with Crippen molar-refractivity contribution in [2.75, 3.05) is 25.9 Å². The summed E-state index contributed by atoms with van der Waals surface area (Å²) in [6.07, 6.45) is 3.26. The molecule has 0 saturated heterocycles. The minimum Gasteiger partial charge on any atom is -0.356 e. The van der Waals surface area contributed by atoms with Gasteiger partial charge in [-0.05, 0) is 18.9 Å². The quantitative estimate of drug-likeness (QED) is 0.387. The molecule has 6 nitrogen and oxygen atoms in total. The first-order valence-electron chi connectivity index (χ1n) is 8.59. The Labute approximate surface area is 159 Å². The zero-order valence-electron chi connectivity index (χ0n) is 15.2. The summed E-state index contributed by atoms with van der Waals surface area (Å²) >= 11 is 1.69. The number of aromatic nitrogens is 1. The maximum absolute atomic E-state index is 12.2. The van der Waals surface area contributed by atoms with Crippen LogP contribution >= 0.6 is 11.3 Å². The van der Waals surface area contributed by atoms with Crippen molar-refractivity contribution in [3.8, 4) is 0 Å². The number of benzene rings is 1. The van der Waals surface area contributed by atoms with Gasteiger partial charge in [0.2, 0.25) is 0 Å². The Hall–Kier alpha value is -1.93. The number of hydrogen-bond donors (Lipinski definition) is 2. The van der Waals surface area contributed by atoms with Crippen molar-refractivity contribution >= 4 is 27.1 Å². The van der Waals surface area contributed by atoms with Crippen LogP contribution in [0, 0.1) is 6.92 Å². The first-order chi connectivity index (χ1) is 12.5. The van der Waals surface area contributed by atoms with Crippen LogP contribution in [0.1, 0.15) is 21.9 Å². The third-order valence-corrected chi connectivity index (χ3v) is 6.33. The van der Waals surface area contributed by atoms with Gasteiger partial charge in [-0.2, -0.15) is 0 Å². The van der Waals surface area contributed by atoms with E-state index in [4.69, 9.17) is 0 Å². The van der Waals surface area contributed by atoms with Gasteiger partial charge in [0.15, 0.2) is 15.8 Å². The maximum Gasteiger partial charge on any atom is 0.190 e. The van der Waals surface area contributed by atoms with Crippen molar-refractivity contribution < 1.29 is 8.42 Å². The van der Waals surface area contributed by atoms with E-state index in [9.17, 15) is 8.42 Å². The molecule has 26 heavy (non-hydrogen) atoms. The second-order valence-corrected chi connectivity index (χ2v) is 9.47. The van der Waals surface area contributed by atoms with E-state index in [1.54, 1.807) is 18.4 Å². The molecule has 1 aromatic heterocycles. The first kappa shape index (κ1) is 20.4. The molecule has 2 rings (SSSR count). The Kier molecular flexibility index (Phi) is 8.06. The standard InChI is InChI=1S/C18H26N4O2S2/c1-15-13-22-17(25-15)9-11-21-18(19-2)20-10-6-12-26(23,24)14-16-7-4-3-5-8-16/h3-5,7-8,13H,6,9-12,14H2,1-2H3,(H2,19,20,21). The van der Waals surface area contributed by atoms with Crippen LogP contribution in [-0.2, 0) is 22.0 Å². The fraction of sp³-hybridized carbons (Fsp3) is 0.444. The predicted octanol–water partition coefficient (Wildman–Crippen LogP) is 2.16. The van der Waals surface area contributed by atoms with E-state index in [1.165, 1.54) is 4.88 Å². The van der Waals surface area contributed by atoms with E-state index < -0.39 is 9.84 Å². The second kappa shape index (κ2) is 10.3. The SMILES string of the molecule is CN=C(NCCCS(=O)(=O)Cc1ccccc1)NCCc1ncc(C)s1. The lowest BCUT2D eigenvalue weighted by Gasteiger charge is -2.11. The molecule has 0 aliphatic heterocycles. The van der Waals surface area contributed by atoms with E-state index >= 15 is 0 Å². The summed E-state index contributed by atoms with van der Waals surface area (Å²) in [7, 11) is -1.39. The summed E-state index contributed by atoms with van der Waals surface area (Å²) in [4.78, 5) is 9.69. The molecule has 8 heteroatoms. The zero-order chi connectivity index (χ0) is 18.8. The van der Waals surface area contributed by atoms with Crippen LogP contribution in [0.4, 0.5) is 0 Å². The minimum atomic E-state index is -3.10. The largest absolute Gasteiger partial charge is 0.356 e. The van der Waals surface area contributed by atoms with Gasteiger partial charge in [0.25, 0.3) is 0 Å². The molecule has 0 amide bonds. The van der Waals surface area contributed by atoms with Crippen molar-refractivity contribution in [2.24, 2.45) is 4.99 Å². The van der Waals surface area contributed by atoms with Crippen LogP contribution in [0.2, 0.25) is 0 Å². The van der Waals surface area contributed by atoms with Gasteiger partial charge < -0.3 is 10.6 Å². The van der Waals surface area contributed by atoms with E-state index in [0.717, 1.165) is 23.5 Å². The highest BCUT2D eigenvalue weighted by molar-refractivity contribution is 7.90. The fourth-order valence-corrected chi connectivity index (χ4v) is 4.64. The minimum absolute atomic E-state index is 0.0913. The summed E-state index contributed by atoms with van der Waals surface area (Å²) in [6, 6.07) is 9.27. The molecule has 0 fully saturated rings. The van der Waals surface area contributed by atoms with Crippen LogP contribution < -0.4 is 10.6 Å². The molecule has 0 unspecified atom stereocenters. The molecule has 2 aromatic rings. The normalized spacial score (nSPS) is 12.2. The van der Waals surface area contributed by atoms with Crippen molar-refractivity contribution in [2.45, 2.75) is 25.5 Å². The van der Waals surface area contributed by atoms with E-state index in [1.807, 2.05) is 43.5 Å². The fourth-order valence-electron chi connectivity index (χ4n) is 2.42. The summed E-state index contributed by atoms with van der Waals surface area (Å²) in [6.45, 7) is 3.34. The van der Waals surface area contributed by atoms with Crippen LogP contribution in [-0.4, -0.2) is 45.3 Å². The van der Waals surface area contributed by atoms with Gasteiger partial charge in [-0.15, -0.1) is 11.3 Å². The number of hydrogen-bond acceptors (Lipinski definition) is 5. The van der Waals surface area contributed by atoms with Gasteiger partial charge in [0.1, 0.15) is 0 Å². The molecule has 142 valence electrons. The van der Waals surface area contributed by atoms with Crippen molar-refractivity contribution in [3.05, 3.63) is 52.0 Å². The highest BCUT2D eigenvalue weighted by atomic mass is 32.2. The van der Waals surface area contributed by atoms with Gasteiger partial charge in [-0.25, -0.2) is 13.4 Å². The molecule has 0 spiro atoms. The average Bonchev–Trinajstić information content (AvgIpc) is 3.02. The van der Waals surface area contributed by atoms with Crippen molar-refractivity contribution in [1.29, 1.82) is 0 Å². The van der Waals surface area contributed by atoms with Gasteiger partial charge >= 0.3 is 0 Å². The molecular weight excluding hydrogens is 368 g/mol. The Balaban J connectivity index is 1.65. The Morgan fingerprint density at radius 2 is 1.92 bits per heavy atom. The van der Waals surface area contributed by atoms with Crippen molar-refractivity contribution in [3.63, 3.8) is 0 Å². The van der Waals surface area contributed by atoms with E-state index in [2.05, 4.69) is 20.6 Å². The average molecular weight is 395 g/mol. The van der Waals surface area contributed by atoms with Crippen LogP contribution in [0.25, 0.3) is 0 Å². The number of rotatable bonds is 9. The molecular formula is C18H26N4O2S2. The highest BCUT2D eigenvalue weighted by Gasteiger charge is 2.11. The number of thiazole rings is 1. The van der Waals surface area contributed by atoms with Gasteiger partial charge in [0, 0.05) is 37.6 Å². The molecule has 0 radical (unpaired) electrons. The molecule has 0 atom stereocenters. The van der Waals surface area contributed by atoms with Crippen molar-refractivity contribution in [1.82, 2.24) is 15.6 Å². The number of nitrogens with zero attached hydrogens (tertiary/aromatic N) is 2. The van der Waals surface area contributed by atoms with Gasteiger partial charge in [0.05, 0.1) is 16.5 Å². The Bertz CT molecular complexity index is 802. The Morgan fingerprint density at radius 3 is 2.58 bits per heavy atom. The number of aryl methyl sites for hydroxylation is 1. The predicted molar refractivity (Wildman–Crippen MR) is 108 cm³/mol. The molecule has 0 bridgehead atoms. The number of sulfone groups is 1. The van der Waals surface area contributed by atoms with Crippen LogP contribution in [0.15, 0.2) is 41.5 Å². The van der Waals surface area contributed by atoms with Gasteiger partial charge in [-0.3, -0.25) is 4.99 Å². The Morgan fingerprint density at radius 1 is 1.19 bits per heavy atom. The monoisotopic (exact) mass is 394 g/mol. The molecule has 1 heterocycles. The molecule has 0 aliphatic rings. The lowest BCUT2D eigenvalue weighted by Crippen LogP contribution is -2.39. The second-order valence-electron chi connectivity index (χ2n) is 5.97.